The average Bonchev–Trinajstić information content (AvgIpc) is 3.03. The topological polar surface area (TPSA) is 110 Å². The summed E-state index contributed by atoms with van der Waals surface area (Å²) in [6.07, 6.45) is -0.127. The second kappa shape index (κ2) is 8.91. The van der Waals surface area contributed by atoms with Gasteiger partial charge in [0.2, 0.25) is 0 Å². The molecule has 2 unspecified atom stereocenters. The van der Waals surface area contributed by atoms with Gasteiger partial charge in [0.1, 0.15) is 26.8 Å². The van der Waals surface area contributed by atoms with Gasteiger partial charge in [0.25, 0.3) is 0 Å². The number of nitrogens with zero attached hydrogens (tertiary/aromatic N) is 2. The summed E-state index contributed by atoms with van der Waals surface area (Å²) in [6, 6.07) is 11.8. The summed E-state index contributed by atoms with van der Waals surface area (Å²) in [4.78, 5) is 10.9. The molecular weight excluding hydrogens is 468 g/mol. The van der Waals surface area contributed by atoms with E-state index in [1.807, 2.05) is 0 Å². The van der Waals surface area contributed by atoms with E-state index < -0.39 is 22.3 Å². The van der Waals surface area contributed by atoms with Gasteiger partial charge in [-0.05, 0) is 42.8 Å². The van der Waals surface area contributed by atoms with Gasteiger partial charge in [0.05, 0.1) is 6.42 Å². The normalized spacial score (nSPS) is 13.1. The molecule has 3 rings (SSSR count). The molecule has 1 heterocycles. The van der Waals surface area contributed by atoms with E-state index in [4.69, 9.17) is 9.84 Å². The molecule has 7 nitrogen and oxygen atoms in total. The van der Waals surface area contributed by atoms with Crippen LogP contribution in [0.15, 0.2) is 46.9 Å². The fourth-order valence-corrected chi connectivity index (χ4v) is 4.67. The van der Waals surface area contributed by atoms with E-state index in [2.05, 4.69) is 26.1 Å². The first-order valence-corrected chi connectivity index (χ1v) is 10.8. The molecule has 10 heteroatoms. The summed E-state index contributed by atoms with van der Waals surface area (Å²) in [6.45, 7) is 1.77. The van der Waals surface area contributed by atoms with Crippen LogP contribution in [0.3, 0.4) is 0 Å². The first-order valence-electron chi connectivity index (χ1n) is 8.01. The lowest BCUT2D eigenvalue weighted by Crippen LogP contribution is -2.09. The van der Waals surface area contributed by atoms with Crippen molar-refractivity contribution in [1.82, 2.24) is 10.2 Å². The smallest absolute Gasteiger partial charge is 0.307 e. The maximum atomic E-state index is 12.1. The third kappa shape index (κ3) is 5.02. The first kappa shape index (κ1) is 20.6. The van der Waals surface area contributed by atoms with Crippen molar-refractivity contribution < 1.29 is 23.4 Å². The highest BCUT2D eigenvalue weighted by atomic mass is 79.9. The highest BCUT2D eigenvalue weighted by molar-refractivity contribution is 9.10. The molecule has 0 amide bonds. The number of halogens is 1. The number of carbonyl (C=O) groups is 1. The molecule has 0 radical (unpaired) electrons. The second-order valence-electron chi connectivity index (χ2n) is 5.82. The number of ether oxygens (including phenoxy) is 1. The Bertz CT molecular complexity index is 1040. The summed E-state index contributed by atoms with van der Waals surface area (Å²) in [7, 11) is 0. The Kier molecular flexibility index (Phi) is 6.55. The van der Waals surface area contributed by atoms with Crippen LogP contribution in [0.5, 0.6) is 11.5 Å². The Morgan fingerprint density at radius 3 is 2.71 bits per heavy atom. The van der Waals surface area contributed by atoms with E-state index in [0.717, 1.165) is 0 Å². The van der Waals surface area contributed by atoms with Crippen LogP contribution in [0, 0.1) is 6.92 Å². The summed E-state index contributed by atoms with van der Waals surface area (Å²) < 4.78 is 28.7. The number of aryl methyl sites for hydroxylation is 1. The van der Waals surface area contributed by atoms with Crippen molar-refractivity contribution in [3.05, 3.63) is 68.1 Å². The maximum Gasteiger partial charge on any atom is 0.307 e. The second-order valence-corrected chi connectivity index (χ2v) is 8.97. The van der Waals surface area contributed by atoms with E-state index in [0.29, 0.717) is 37.1 Å². The Labute approximate surface area is 175 Å². The zero-order valence-corrected chi connectivity index (χ0v) is 17.8. The zero-order valence-electron chi connectivity index (χ0n) is 14.5. The van der Waals surface area contributed by atoms with Crippen molar-refractivity contribution in [2.75, 3.05) is 0 Å². The SMILES string of the molecule is Cc1nnc(C(c2cc(Br)ccc2Oc2cccc(CC(=O)O)c2)S(=O)O)s1. The third-order valence-corrected chi connectivity index (χ3v) is 6.13. The predicted octanol–water partition coefficient (Wildman–Crippen LogP) is 4.34. The number of aromatic nitrogens is 2. The van der Waals surface area contributed by atoms with Crippen molar-refractivity contribution >= 4 is 44.3 Å². The maximum absolute atomic E-state index is 12.1. The average molecular weight is 483 g/mol. The molecule has 2 atom stereocenters. The fourth-order valence-electron chi connectivity index (χ4n) is 2.58. The molecule has 0 aliphatic heterocycles. The standard InChI is InChI=1S/C18H15BrN2O5S2/c1-10-20-21-18(27-10)17(28(24)25)14-9-12(19)5-6-15(14)26-13-4-2-3-11(7-13)8-16(22)23/h2-7,9,17H,8H2,1H3,(H,22,23)(H,24,25). The molecule has 28 heavy (non-hydrogen) atoms. The number of benzene rings is 2. The van der Waals surface area contributed by atoms with Crippen LogP contribution in [0.4, 0.5) is 0 Å². The lowest BCUT2D eigenvalue weighted by molar-refractivity contribution is -0.136. The molecule has 0 aliphatic rings. The largest absolute Gasteiger partial charge is 0.481 e. The van der Waals surface area contributed by atoms with Gasteiger partial charge in [0, 0.05) is 10.0 Å². The van der Waals surface area contributed by atoms with Gasteiger partial charge in [-0.3, -0.25) is 4.79 Å². The van der Waals surface area contributed by atoms with Crippen molar-refractivity contribution in [3.63, 3.8) is 0 Å². The third-order valence-electron chi connectivity index (χ3n) is 3.70. The Morgan fingerprint density at radius 2 is 2.07 bits per heavy atom. The van der Waals surface area contributed by atoms with E-state index in [9.17, 15) is 13.6 Å². The zero-order chi connectivity index (χ0) is 20.3. The van der Waals surface area contributed by atoms with E-state index in [1.54, 1.807) is 49.4 Å². The summed E-state index contributed by atoms with van der Waals surface area (Å²) in [5, 5.41) is 17.1. The molecule has 1 aromatic heterocycles. The van der Waals surface area contributed by atoms with Gasteiger partial charge in [-0.1, -0.05) is 28.1 Å². The first-order chi connectivity index (χ1) is 13.3. The number of aliphatic carboxylic acids is 1. The number of carboxylic acid groups (broad SMARTS) is 1. The number of hydrogen-bond acceptors (Lipinski definition) is 6. The molecule has 0 bridgehead atoms. The lowest BCUT2D eigenvalue weighted by atomic mass is 10.1. The van der Waals surface area contributed by atoms with Crippen LogP contribution in [0.2, 0.25) is 0 Å². The molecule has 0 aliphatic carbocycles. The van der Waals surface area contributed by atoms with Crippen LogP contribution in [0.1, 0.15) is 26.4 Å². The molecule has 0 saturated carbocycles. The molecule has 3 aromatic rings. The van der Waals surface area contributed by atoms with E-state index in [-0.39, 0.29) is 6.42 Å². The summed E-state index contributed by atoms with van der Waals surface area (Å²) in [5.74, 6) is -0.141. The minimum Gasteiger partial charge on any atom is -0.481 e. The van der Waals surface area contributed by atoms with Crippen LogP contribution in [-0.2, 0) is 22.3 Å². The highest BCUT2D eigenvalue weighted by Gasteiger charge is 2.28. The number of carboxylic acids is 1. The van der Waals surface area contributed by atoms with Gasteiger partial charge in [0.15, 0.2) is 11.1 Å². The minimum atomic E-state index is -2.25. The fraction of sp³-hybridized carbons (Fsp3) is 0.167. The van der Waals surface area contributed by atoms with Crippen molar-refractivity contribution in [1.29, 1.82) is 0 Å². The van der Waals surface area contributed by atoms with Crippen molar-refractivity contribution in [2.24, 2.45) is 0 Å². The monoisotopic (exact) mass is 482 g/mol. The Balaban J connectivity index is 2.01. The number of hydrogen-bond donors (Lipinski definition) is 2. The van der Waals surface area contributed by atoms with Crippen LogP contribution < -0.4 is 4.74 Å². The van der Waals surface area contributed by atoms with Crippen molar-refractivity contribution in [3.8, 4) is 11.5 Å². The van der Waals surface area contributed by atoms with Gasteiger partial charge < -0.3 is 14.4 Å². The van der Waals surface area contributed by atoms with Gasteiger partial charge in [-0.15, -0.1) is 21.5 Å². The molecule has 0 spiro atoms. The van der Waals surface area contributed by atoms with Crippen molar-refractivity contribution in [2.45, 2.75) is 18.6 Å². The van der Waals surface area contributed by atoms with Gasteiger partial charge in [-0.2, -0.15) is 0 Å². The van der Waals surface area contributed by atoms with Gasteiger partial charge >= 0.3 is 5.97 Å². The molecule has 146 valence electrons. The Morgan fingerprint density at radius 1 is 1.29 bits per heavy atom. The van der Waals surface area contributed by atoms with Crippen LogP contribution in [0.25, 0.3) is 0 Å². The van der Waals surface area contributed by atoms with E-state index >= 15 is 0 Å². The van der Waals surface area contributed by atoms with E-state index in [1.165, 1.54) is 11.3 Å². The highest BCUT2D eigenvalue weighted by Crippen LogP contribution is 2.39. The summed E-state index contributed by atoms with van der Waals surface area (Å²) in [5.41, 5.74) is 1.06. The lowest BCUT2D eigenvalue weighted by Gasteiger charge is -2.16. The Hall–Kier alpha value is -2.14. The minimum absolute atomic E-state index is 0.127. The molecule has 0 fully saturated rings. The van der Waals surface area contributed by atoms with Crippen LogP contribution in [-0.4, -0.2) is 30.0 Å². The summed E-state index contributed by atoms with van der Waals surface area (Å²) >= 11 is 2.37. The van der Waals surface area contributed by atoms with Gasteiger partial charge in [-0.25, -0.2) is 4.21 Å². The quantitative estimate of drug-likeness (QED) is 0.481. The predicted molar refractivity (Wildman–Crippen MR) is 109 cm³/mol. The molecule has 2 N–H and O–H groups in total. The molecule has 0 saturated heterocycles. The molecular formula is C18H15BrN2O5S2. The number of rotatable bonds is 7. The molecule has 2 aromatic carbocycles. The van der Waals surface area contributed by atoms with Crippen LogP contribution >= 0.6 is 27.3 Å².